The molecule has 18 heavy (non-hydrogen) atoms. The molecular formula is C13H15BrN2O2. The maximum atomic E-state index is 11.6. The highest BCUT2D eigenvalue weighted by Gasteiger charge is 2.29. The van der Waals surface area contributed by atoms with Crippen LogP contribution in [0.25, 0.3) is 0 Å². The van der Waals surface area contributed by atoms with E-state index in [2.05, 4.69) is 26.6 Å². The highest BCUT2D eigenvalue weighted by Crippen LogP contribution is 2.30. The average molecular weight is 311 g/mol. The fourth-order valence-corrected chi connectivity index (χ4v) is 1.80. The SMILES string of the molecule is O=C(CBr)NCc1cccc(NC(=O)C2CC2)c1. The highest BCUT2D eigenvalue weighted by atomic mass is 79.9. The molecule has 1 aliphatic carbocycles. The van der Waals surface area contributed by atoms with Gasteiger partial charge in [0.2, 0.25) is 11.8 Å². The van der Waals surface area contributed by atoms with Crippen LogP contribution < -0.4 is 10.6 Å². The van der Waals surface area contributed by atoms with Gasteiger partial charge in [-0.15, -0.1) is 0 Å². The molecule has 0 unspecified atom stereocenters. The van der Waals surface area contributed by atoms with Crippen molar-refractivity contribution in [1.29, 1.82) is 0 Å². The summed E-state index contributed by atoms with van der Waals surface area (Å²) in [5.41, 5.74) is 1.76. The lowest BCUT2D eigenvalue weighted by Crippen LogP contribution is -2.23. The van der Waals surface area contributed by atoms with E-state index in [0.717, 1.165) is 24.1 Å². The van der Waals surface area contributed by atoms with E-state index in [1.165, 1.54) is 0 Å². The normalized spacial score (nSPS) is 14.1. The molecule has 96 valence electrons. The van der Waals surface area contributed by atoms with Gasteiger partial charge in [-0.3, -0.25) is 9.59 Å². The van der Waals surface area contributed by atoms with Crippen molar-refractivity contribution in [3.63, 3.8) is 0 Å². The van der Waals surface area contributed by atoms with E-state index >= 15 is 0 Å². The van der Waals surface area contributed by atoms with Gasteiger partial charge in [0.05, 0.1) is 5.33 Å². The Kier molecular flexibility index (Phi) is 4.36. The Morgan fingerprint density at radius 3 is 2.78 bits per heavy atom. The van der Waals surface area contributed by atoms with E-state index in [-0.39, 0.29) is 17.7 Å². The minimum Gasteiger partial charge on any atom is -0.351 e. The fraction of sp³-hybridized carbons (Fsp3) is 0.385. The summed E-state index contributed by atoms with van der Waals surface area (Å²) in [4.78, 5) is 22.7. The molecule has 0 spiro atoms. The minimum absolute atomic E-state index is 0.0533. The van der Waals surface area contributed by atoms with E-state index in [1.807, 2.05) is 24.3 Å². The molecule has 5 heteroatoms. The molecule has 4 nitrogen and oxygen atoms in total. The lowest BCUT2D eigenvalue weighted by molar-refractivity contribution is -0.119. The molecular weight excluding hydrogens is 296 g/mol. The van der Waals surface area contributed by atoms with Gasteiger partial charge in [0, 0.05) is 18.2 Å². The number of nitrogens with one attached hydrogen (secondary N) is 2. The monoisotopic (exact) mass is 310 g/mol. The number of alkyl halides is 1. The molecule has 2 amide bonds. The predicted octanol–water partition coefficient (Wildman–Crippen LogP) is 2.05. The van der Waals surface area contributed by atoms with Crippen LogP contribution in [-0.4, -0.2) is 17.1 Å². The van der Waals surface area contributed by atoms with Gasteiger partial charge in [-0.2, -0.15) is 0 Å². The molecule has 0 aliphatic heterocycles. The molecule has 1 saturated carbocycles. The van der Waals surface area contributed by atoms with Crippen molar-refractivity contribution in [3.05, 3.63) is 29.8 Å². The van der Waals surface area contributed by atoms with Gasteiger partial charge in [-0.1, -0.05) is 28.1 Å². The second-order valence-corrected chi connectivity index (χ2v) is 4.93. The number of carbonyl (C=O) groups excluding carboxylic acids is 2. The molecule has 2 rings (SSSR count). The van der Waals surface area contributed by atoms with Crippen LogP contribution in [-0.2, 0) is 16.1 Å². The van der Waals surface area contributed by atoms with Gasteiger partial charge >= 0.3 is 0 Å². The largest absolute Gasteiger partial charge is 0.351 e. The van der Waals surface area contributed by atoms with Gasteiger partial charge in [0.25, 0.3) is 0 Å². The lowest BCUT2D eigenvalue weighted by atomic mass is 10.2. The van der Waals surface area contributed by atoms with Crippen LogP contribution in [0.4, 0.5) is 5.69 Å². The van der Waals surface area contributed by atoms with E-state index in [4.69, 9.17) is 0 Å². The second kappa shape index (κ2) is 6.00. The number of rotatable bonds is 5. The molecule has 1 aromatic carbocycles. The zero-order valence-corrected chi connectivity index (χ0v) is 11.5. The van der Waals surface area contributed by atoms with Gasteiger partial charge < -0.3 is 10.6 Å². The van der Waals surface area contributed by atoms with Crippen molar-refractivity contribution in [2.45, 2.75) is 19.4 Å². The molecule has 0 heterocycles. The molecule has 1 aromatic rings. The first kappa shape index (κ1) is 13.1. The molecule has 0 atom stereocenters. The summed E-state index contributed by atoms with van der Waals surface area (Å²) >= 11 is 3.09. The Hall–Kier alpha value is -1.36. The summed E-state index contributed by atoms with van der Waals surface area (Å²) in [6, 6.07) is 7.53. The van der Waals surface area contributed by atoms with Crippen molar-refractivity contribution < 1.29 is 9.59 Å². The molecule has 1 aliphatic rings. The van der Waals surface area contributed by atoms with Crippen LogP contribution in [0.2, 0.25) is 0 Å². The van der Waals surface area contributed by atoms with Gasteiger partial charge in [-0.05, 0) is 30.5 Å². The molecule has 0 radical (unpaired) electrons. The molecule has 2 N–H and O–H groups in total. The van der Waals surface area contributed by atoms with Gasteiger partial charge in [0.15, 0.2) is 0 Å². The van der Waals surface area contributed by atoms with Crippen molar-refractivity contribution >= 4 is 33.4 Å². The number of hydrogen-bond acceptors (Lipinski definition) is 2. The third-order valence-corrected chi connectivity index (χ3v) is 3.26. The Bertz CT molecular complexity index is 458. The second-order valence-electron chi connectivity index (χ2n) is 4.37. The first-order chi connectivity index (χ1) is 8.69. The number of benzene rings is 1. The standard InChI is InChI=1S/C13H15BrN2O2/c14-7-12(17)15-8-9-2-1-3-11(6-9)16-13(18)10-4-5-10/h1-3,6,10H,4-5,7-8H2,(H,15,17)(H,16,18). The van der Waals surface area contributed by atoms with Gasteiger partial charge in [0.1, 0.15) is 0 Å². The number of halogens is 1. The summed E-state index contributed by atoms with van der Waals surface area (Å²) in [6.45, 7) is 0.470. The van der Waals surface area contributed by atoms with Crippen molar-refractivity contribution in [2.75, 3.05) is 10.6 Å². The van der Waals surface area contributed by atoms with Crippen LogP contribution >= 0.6 is 15.9 Å². The smallest absolute Gasteiger partial charge is 0.230 e. The van der Waals surface area contributed by atoms with Crippen LogP contribution in [0.1, 0.15) is 18.4 Å². The molecule has 0 saturated heterocycles. The fourth-order valence-electron chi connectivity index (χ4n) is 1.60. The number of anilines is 1. The quantitative estimate of drug-likeness (QED) is 0.818. The van der Waals surface area contributed by atoms with E-state index < -0.39 is 0 Å². The van der Waals surface area contributed by atoms with Gasteiger partial charge in [-0.25, -0.2) is 0 Å². The summed E-state index contributed by atoms with van der Waals surface area (Å²) in [6.07, 6.45) is 1.99. The Labute approximate surface area is 114 Å². The first-order valence-electron chi connectivity index (χ1n) is 5.91. The summed E-state index contributed by atoms with van der Waals surface area (Å²) in [5, 5.41) is 5.95. The van der Waals surface area contributed by atoms with Crippen LogP contribution in [0.5, 0.6) is 0 Å². The Morgan fingerprint density at radius 1 is 1.33 bits per heavy atom. The van der Waals surface area contributed by atoms with Crippen LogP contribution in [0, 0.1) is 5.92 Å². The zero-order valence-electron chi connectivity index (χ0n) is 9.91. The van der Waals surface area contributed by atoms with E-state index in [9.17, 15) is 9.59 Å². The molecule has 0 aromatic heterocycles. The topological polar surface area (TPSA) is 58.2 Å². The van der Waals surface area contributed by atoms with Crippen LogP contribution in [0.3, 0.4) is 0 Å². The van der Waals surface area contributed by atoms with E-state index in [0.29, 0.717) is 11.9 Å². The third-order valence-electron chi connectivity index (χ3n) is 2.75. The molecule has 1 fully saturated rings. The van der Waals surface area contributed by atoms with Crippen LogP contribution in [0.15, 0.2) is 24.3 Å². The lowest BCUT2D eigenvalue weighted by Gasteiger charge is -2.07. The number of hydrogen-bond donors (Lipinski definition) is 2. The first-order valence-corrected chi connectivity index (χ1v) is 7.03. The Balaban J connectivity index is 1.91. The minimum atomic E-state index is -0.0533. The molecule has 0 bridgehead atoms. The third kappa shape index (κ3) is 3.84. The predicted molar refractivity (Wildman–Crippen MR) is 73.4 cm³/mol. The summed E-state index contributed by atoms with van der Waals surface area (Å²) in [5.74, 6) is 0.237. The highest BCUT2D eigenvalue weighted by molar-refractivity contribution is 9.09. The number of amides is 2. The number of carbonyl (C=O) groups is 2. The summed E-state index contributed by atoms with van der Waals surface area (Å²) in [7, 11) is 0. The maximum absolute atomic E-state index is 11.6. The average Bonchev–Trinajstić information content (AvgIpc) is 3.20. The summed E-state index contributed by atoms with van der Waals surface area (Å²) < 4.78 is 0. The zero-order chi connectivity index (χ0) is 13.0. The van der Waals surface area contributed by atoms with Crippen molar-refractivity contribution in [2.24, 2.45) is 5.92 Å². The van der Waals surface area contributed by atoms with E-state index in [1.54, 1.807) is 0 Å². The Morgan fingerprint density at radius 2 is 2.11 bits per heavy atom. The van der Waals surface area contributed by atoms with Crippen molar-refractivity contribution in [3.8, 4) is 0 Å². The maximum Gasteiger partial charge on any atom is 0.230 e. The van der Waals surface area contributed by atoms with Crippen molar-refractivity contribution in [1.82, 2.24) is 5.32 Å².